The fourth-order valence-electron chi connectivity index (χ4n) is 2.03. The minimum absolute atomic E-state index is 0.901. The lowest BCUT2D eigenvalue weighted by molar-refractivity contribution is 0.409. The van der Waals surface area contributed by atoms with Crippen molar-refractivity contribution < 1.29 is 4.74 Å². The Morgan fingerprint density at radius 1 is 1.17 bits per heavy atom. The maximum atomic E-state index is 5.34. The summed E-state index contributed by atoms with van der Waals surface area (Å²) in [6.07, 6.45) is 3.05. The maximum absolute atomic E-state index is 5.34. The second-order valence-corrected chi connectivity index (χ2v) is 4.35. The molecule has 2 aromatic rings. The lowest BCUT2D eigenvalue weighted by atomic mass is 10.1. The van der Waals surface area contributed by atoms with Crippen molar-refractivity contribution in [3.05, 3.63) is 53.9 Å². The maximum Gasteiger partial charge on any atom is 0.122 e. The van der Waals surface area contributed by atoms with Crippen molar-refractivity contribution >= 4 is 0 Å². The summed E-state index contributed by atoms with van der Waals surface area (Å²) in [4.78, 5) is 0. The predicted octanol–water partition coefficient (Wildman–Crippen LogP) is 2.37. The second-order valence-electron chi connectivity index (χ2n) is 4.35. The first-order valence-electron chi connectivity index (χ1n) is 6.24. The van der Waals surface area contributed by atoms with E-state index in [1.54, 1.807) is 7.11 Å². The summed E-state index contributed by atoms with van der Waals surface area (Å²) in [5.41, 5.74) is 2.55. The summed E-state index contributed by atoms with van der Waals surface area (Å²) >= 11 is 0. The van der Waals surface area contributed by atoms with E-state index >= 15 is 0 Å². The third-order valence-corrected chi connectivity index (χ3v) is 3.12. The molecule has 1 aromatic heterocycles. The lowest BCUT2D eigenvalue weighted by Crippen LogP contribution is -2.18. The lowest BCUT2D eigenvalue weighted by Gasteiger charge is -2.09. The minimum atomic E-state index is 0.901. The van der Waals surface area contributed by atoms with Crippen molar-refractivity contribution in [1.29, 1.82) is 0 Å². The number of ether oxygens (including phenoxy) is 1. The highest BCUT2D eigenvalue weighted by Gasteiger charge is 2.01. The van der Waals surface area contributed by atoms with Gasteiger partial charge in [0.25, 0.3) is 0 Å². The normalized spacial score (nSPS) is 10.6. The number of methoxy groups -OCH3 is 1. The molecule has 0 aliphatic rings. The summed E-state index contributed by atoms with van der Waals surface area (Å²) in [5, 5.41) is 3.45. The molecule has 0 atom stereocenters. The van der Waals surface area contributed by atoms with Crippen molar-refractivity contribution in [3.8, 4) is 5.75 Å². The van der Waals surface area contributed by atoms with Crippen LogP contribution in [0.2, 0.25) is 0 Å². The van der Waals surface area contributed by atoms with Crippen LogP contribution in [0, 0.1) is 0 Å². The van der Waals surface area contributed by atoms with E-state index in [0.717, 1.165) is 25.3 Å². The van der Waals surface area contributed by atoms with Gasteiger partial charge in [-0.05, 0) is 36.7 Å². The molecule has 0 radical (unpaired) electrons. The molecule has 0 saturated heterocycles. The summed E-state index contributed by atoms with van der Waals surface area (Å²) in [6, 6.07) is 12.4. The van der Waals surface area contributed by atoms with Crippen LogP contribution >= 0.6 is 0 Å². The first-order chi connectivity index (χ1) is 8.81. The summed E-state index contributed by atoms with van der Waals surface area (Å²) in [6.45, 7) is 1.85. The molecular weight excluding hydrogens is 224 g/mol. The van der Waals surface area contributed by atoms with E-state index in [2.05, 4.69) is 47.4 Å². The Hall–Kier alpha value is -1.74. The molecule has 2 rings (SSSR count). The van der Waals surface area contributed by atoms with Gasteiger partial charge in [-0.2, -0.15) is 0 Å². The van der Waals surface area contributed by atoms with Crippen molar-refractivity contribution in [2.45, 2.75) is 13.0 Å². The Morgan fingerprint density at radius 3 is 2.72 bits per heavy atom. The van der Waals surface area contributed by atoms with E-state index < -0.39 is 0 Å². The zero-order valence-electron chi connectivity index (χ0n) is 11.0. The number of hydrogen-bond donors (Lipinski definition) is 1. The molecule has 0 spiro atoms. The fraction of sp³-hybridized carbons (Fsp3) is 0.333. The molecule has 18 heavy (non-hydrogen) atoms. The van der Waals surface area contributed by atoms with E-state index in [1.807, 2.05) is 12.1 Å². The zero-order chi connectivity index (χ0) is 12.8. The molecule has 1 aromatic carbocycles. The molecule has 0 aliphatic heterocycles. The van der Waals surface area contributed by atoms with Crippen molar-refractivity contribution in [3.63, 3.8) is 0 Å². The van der Waals surface area contributed by atoms with Crippen molar-refractivity contribution in [2.75, 3.05) is 13.7 Å². The topological polar surface area (TPSA) is 26.2 Å². The highest BCUT2D eigenvalue weighted by Crippen LogP contribution is 2.17. The van der Waals surface area contributed by atoms with Crippen LogP contribution in [0.1, 0.15) is 11.3 Å². The Bertz CT molecular complexity index is 491. The number of hydrogen-bond acceptors (Lipinski definition) is 2. The van der Waals surface area contributed by atoms with Crippen molar-refractivity contribution in [1.82, 2.24) is 9.88 Å². The van der Waals surface area contributed by atoms with Gasteiger partial charge in [-0.1, -0.05) is 18.2 Å². The molecule has 1 N–H and O–H groups in total. The number of para-hydroxylation sites is 1. The summed E-state index contributed by atoms with van der Waals surface area (Å²) in [7, 11) is 3.79. The largest absolute Gasteiger partial charge is 0.496 e. The molecule has 3 heteroatoms. The van der Waals surface area contributed by atoms with Crippen LogP contribution in [0.4, 0.5) is 0 Å². The fourth-order valence-corrected chi connectivity index (χ4v) is 2.03. The molecule has 3 nitrogen and oxygen atoms in total. The number of aromatic nitrogens is 1. The molecule has 96 valence electrons. The number of benzene rings is 1. The smallest absolute Gasteiger partial charge is 0.122 e. The van der Waals surface area contributed by atoms with Gasteiger partial charge in [-0.15, -0.1) is 0 Å². The molecule has 0 saturated carbocycles. The van der Waals surface area contributed by atoms with E-state index in [9.17, 15) is 0 Å². The standard InChI is InChI=1S/C15H20N2O/c1-17-11-5-7-14(17)12-16-10-9-13-6-3-4-8-15(13)18-2/h3-8,11,16H,9-10,12H2,1-2H3. The predicted molar refractivity (Wildman–Crippen MR) is 73.8 cm³/mol. The van der Waals surface area contributed by atoms with Crippen molar-refractivity contribution in [2.24, 2.45) is 7.05 Å². The van der Waals surface area contributed by atoms with Gasteiger partial charge < -0.3 is 14.6 Å². The quantitative estimate of drug-likeness (QED) is 0.790. The highest BCUT2D eigenvalue weighted by molar-refractivity contribution is 5.33. The third kappa shape index (κ3) is 3.14. The number of nitrogens with zero attached hydrogens (tertiary/aromatic N) is 1. The highest BCUT2D eigenvalue weighted by atomic mass is 16.5. The van der Waals surface area contributed by atoms with Gasteiger partial charge >= 0.3 is 0 Å². The molecule has 0 fully saturated rings. The molecule has 0 unspecified atom stereocenters. The second kappa shape index (κ2) is 6.26. The SMILES string of the molecule is COc1ccccc1CCNCc1cccn1C. The van der Waals surface area contributed by atoms with E-state index in [0.29, 0.717) is 0 Å². The van der Waals surface area contributed by atoms with Gasteiger partial charge in [0.05, 0.1) is 7.11 Å². The van der Waals surface area contributed by atoms with Gasteiger partial charge in [-0.3, -0.25) is 0 Å². The Labute approximate surface area is 108 Å². The van der Waals surface area contributed by atoms with Crippen LogP contribution in [0.5, 0.6) is 5.75 Å². The van der Waals surface area contributed by atoms with Crippen LogP contribution in [0.3, 0.4) is 0 Å². The molecule has 0 amide bonds. The van der Waals surface area contributed by atoms with Gasteiger partial charge in [0.2, 0.25) is 0 Å². The monoisotopic (exact) mass is 244 g/mol. The first kappa shape index (κ1) is 12.7. The van der Waals surface area contributed by atoms with Crippen LogP contribution in [-0.2, 0) is 20.0 Å². The van der Waals surface area contributed by atoms with Crippen LogP contribution < -0.4 is 10.1 Å². The van der Waals surface area contributed by atoms with Gasteiger partial charge in [0.15, 0.2) is 0 Å². The van der Waals surface area contributed by atoms with Crippen LogP contribution in [0.15, 0.2) is 42.6 Å². The Morgan fingerprint density at radius 2 is 2.00 bits per heavy atom. The van der Waals surface area contributed by atoms with Gasteiger partial charge in [0, 0.05) is 25.5 Å². The number of nitrogens with one attached hydrogen (secondary N) is 1. The average molecular weight is 244 g/mol. The van der Waals surface area contributed by atoms with Gasteiger partial charge in [-0.25, -0.2) is 0 Å². The molecule has 0 bridgehead atoms. The molecule has 0 aliphatic carbocycles. The molecular formula is C15H20N2O. The van der Waals surface area contributed by atoms with Gasteiger partial charge in [0.1, 0.15) is 5.75 Å². The number of rotatable bonds is 6. The number of aryl methyl sites for hydroxylation is 1. The van der Waals surface area contributed by atoms with E-state index in [1.165, 1.54) is 11.3 Å². The first-order valence-corrected chi connectivity index (χ1v) is 6.24. The van der Waals surface area contributed by atoms with E-state index in [-0.39, 0.29) is 0 Å². The Kier molecular flexibility index (Phi) is 4.42. The zero-order valence-corrected chi connectivity index (χ0v) is 11.0. The van der Waals surface area contributed by atoms with Crippen LogP contribution in [-0.4, -0.2) is 18.2 Å². The van der Waals surface area contributed by atoms with Crippen LogP contribution in [0.25, 0.3) is 0 Å². The minimum Gasteiger partial charge on any atom is -0.496 e. The Balaban J connectivity index is 1.80. The summed E-state index contributed by atoms with van der Waals surface area (Å²) in [5.74, 6) is 0.971. The summed E-state index contributed by atoms with van der Waals surface area (Å²) < 4.78 is 7.47. The van der Waals surface area contributed by atoms with E-state index in [4.69, 9.17) is 4.74 Å². The third-order valence-electron chi connectivity index (χ3n) is 3.12. The molecule has 1 heterocycles. The average Bonchev–Trinajstić information content (AvgIpc) is 2.81.